The molecule has 0 saturated heterocycles. The molecule has 1 N–H and O–H groups in total. The van der Waals surface area contributed by atoms with Crippen LogP contribution in [-0.4, -0.2) is 17.1 Å². The minimum atomic E-state index is -5.11. The van der Waals surface area contributed by atoms with Crippen molar-refractivity contribution in [3.63, 3.8) is 0 Å². The van der Waals surface area contributed by atoms with Gasteiger partial charge in [-0.2, -0.15) is 13.2 Å². The molecule has 0 heterocycles. The number of allylic oxidation sites excluding steroid dienone is 1. The van der Waals surface area contributed by atoms with Gasteiger partial charge in [-0.3, -0.25) is 4.79 Å². The van der Waals surface area contributed by atoms with Crippen LogP contribution in [0.25, 0.3) is 10.6 Å². The molecular formula is C11H5F4NO2. The summed E-state index contributed by atoms with van der Waals surface area (Å²) < 4.78 is 48.8. The van der Waals surface area contributed by atoms with Crippen LogP contribution in [0.4, 0.5) is 23.2 Å². The van der Waals surface area contributed by atoms with Gasteiger partial charge in [0.25, 0.3) is 5.78 Å². The van der Waals surface area contributed by atoms with E-state index in [1.54, 1.807) is 0 Å². The minimum absolute atomic E-state index is 0.0493. The Kier molecular flexibility index (Phi) is 3.71. The number of halogens is 4. The number of benzene rings is 1. The van der Waals surface area contributed by atoms with Gasteiger partial charge < -0.3 is 5.11 Å². The third kappa shape index (κ3) is 3.07. The number of rotatable bonds is 2. The van der Waals surface area contributed by atoms with Crippen molar-refractivity contribution >= 4 is 17.2 Å². The van der Waals surface area contributed by atoms with Gasteiger partial charge in [-0.25, -0.2) is 9.24 Å². The van der Waals surface area contributed by atoms with Crippen LogP contribution in [0, 0.1) is 12.4 Å². The number of carbonyl (C=O) groups excluding carboxylic acids is 1. The van der Waals surface area contributed by atoms with Gasteiger partial charge in [-0.15, -0.1) is 0 Å². The Morgan fingerprint density at radius 2 is 2.00 bits per heavy atom. The number of alkyl halides is 3. The molecule has 0 aromatic heterocycles. The van der Waals surface area contributed by atoms with Gasteiger partial charge in [0.15, 0.2) is 0 Å². The zero-order valence-electron chi connectivity index (χ0n) is 8.62. The molecule has 0 spiro atoms. The van der Waals surface area contributed by atoms with Gasteiger partial charge in [0, 0.05) is 11.6 Å². The second kappa shape index (κ2) is 4.87. The Morgan fingerprint density at radius 3 is 2.44 bits per heavy atom. The van der Waals surface area contributed by atoms with E-state index in [1.165, 1.54) is 0 Å². The normalized spacial score (nSPS) is 12.1. The number of aliphatic hydroxyl groups is 1. The van der Waals surface area contributed by atoms with Crippen LogP contribution in [0.2, 0.25) is 0 Å². The maximum atomic E-state index is 13.1. The molecule has 1 aromatic rings. The molecule has 0 aliphatic carbocycles. The van der Waals surface area contributed by atoms with Crippen molar-refractivity contribution in [1.82, 2.24) is 0 Å². The first-order chi connectivity index (χ1) is 8.25. The maximum Gasteiger partial charge on any atom is 0.454 e. The van der Waals surface area contributed by atoms with Crippen LogP contribution in [0.3, 0.4) is 0 Å². The summed E-state index contributed by atoms with van der Waals surface area (Å²) in [6, 6.07) is 2.69. The fourth-order valence-corrected chi connectivity index (χ4v) is 1.05. The summed E-state index contributed by atoms with van der Waals surface area (Å²) in [5.41, 5.74) is -0.661. The Morgan fingerprint density at radius 1 is 1.39 bits per heavy atom. The number of hydrogen-bond acceptors (Lipinski definition) is 2. The molecule has 1 rings (SSSR count). The topological polar surface area (TPSA) is 41.7 Å². The molecule has 0 bridgehead atoms. The standard InChI is InChI=1S/C11H5F4NO2/c1-16-8-3-2-6(4-7(8)12)9(17)5-10(18)11(13,14)15/h2-5,17H/b9-5-. The van der Waals surface area contributed by atoms with Gasteiger partial charge in [0.2, 0.25) is 5.69 Å². The number of ketones is 1. The molecule has 0 aliphatic heterocycles. The van der Waals surface area contributed by atoms with Crippen LogP contribution in [0.1, 0.15) is 5.56 Å². The average Bonchev–Trinajstić information content (AvgIpc) is 2.27. The van der Waals surface area contributed by atoms with Crippen LogP contribution < -0.4 is 0 Å². The highest BCUT2D eigenvalue weighted by atomic mass is 19.4. The lowest BCUT2D eigenvalue weighted by atomic mass is 10.1. The fourth-order valence-electron chi connectivity index (χ4n) is 1.05. The molecule has 94 valence electrons. The quantitative estimate of drug-likeness (QED) is 0.382. The van der Waals surface area contributed by atoms with Crippen LogP contribution >= 0.6 is 0 Å². The third-order valence-electron chi connectivity index (χ3n) is 1.91. The Labute approximate surface area is 98.8 Å². The summed E-state index contributed by atoms with van der Waals surface area (Å²) >= 11 is 0. The molecule has 0 radical (unpaired) electrons. The number of carbonyl (C=O) groups is 1. The zero-order valence-corrected chi connectivity index (χ0v) is 8.62. The number of aliphatic hydroxyl groups excluding tert-OH is 1. The van der Waals surface area contributed by atoms with Gasteiger partial charge in [-0.1, -0.05) is 12.1 Å². The maximum absolute atomic E-state index is 13.1. The molecule has 7 heteroatoms. The van der Waals surface area contributed by atoms with Crippen molar-refractivity contribution in [2.24, 2.45) is 0 Å². The molecule has 0 atom stereocenters. The van der Waals surface area contributed by atoms with E-state index in [2.05, 4.69) is 4.85 Å². The Hall–Kier alpha value is -2.36. The molecule has 18 heavy (non-hydrogen) atoms. The number of hydrogen-bond donors (Lipinski definition) is 1. The molecule has 0 saturated carbocycles. The van der Waals surface area contributed by atoms with E-state index in [1.807, 2.05) is 0 Å². The van der Waals surface area contributed by atoms with E-state index in [-0.39, 0.29) is 17.3 Å². The lowest BCUT2D eigenvalue weighted by molar-refractivity contribution is -0.165. The van der Waals surface area contributed by atoms with E-state index in [4.69, 9.17) is 6.57 Å². The SMILES string of the molecule is [C-]#[N+]c1ccc(/C(O)=C/C(=O)C(F)(F)F)cc1F. The number of nitrogens with zero attached hydrogens (tertiary/aromatic N) is 1. The largest absolute Gasteiger partial charge is 0.507 e. The summed E-state index contributed by atoms with van der Waals surface area (Å²) in [6.45, 7) is 6.56. The highest BCUT2D eigenvalue weighted by Crippen LogP contribution is 2.23. The molecule has 0 amide bonds. The van der Waals surface area contributed by atoms with E-state index in [9.17, 15) is 27.5 Å². The first kappa shape index (κ1) is 13.7. The van der Waals surface area contributed by atoms with Gasteiger partial charge in [-0.05, 0) is 6.07 Å². The van der Waals surface area contributed by atoms with E-state index < -0.39 is 23.5 Å². The molecule has 3 nitrogen and oxygen atoms in total. The average molecular weight is 259 g/mol. The minimum Gasteiger partial charge on any atom is -0.507 e. The zero-order chi connectivity index (χ0) is 13.9. The van der Waals surface area contributed by atoms with Gasteiger partial charge in [0.1, 0.15) is 11.6 Å². The highest BCUT2D eigenvalue weighted by Gasteiger charge is 2.37. The van der Waals surface area contributed by atoms with Crippen molar-refractivity contribution in [2.45, 2.75) is 6.18 Å². The second-order valence-corrected chi connectivity index (χ2v) is 3.17. The molecule has 0 fully saturated rings. The van der Waals surface area contributed by atoms with Crippen molar-refractivity contribution in [1.29, 1.82) is 0 Å². The summed E-state index contributed by atoms with van der Waals surface area (Å²) in [6.07, 6.45) is -5.16. The third-order valence-corrected chi connectivity index (χ3v) is 1.91. The van der Waals surface area contributed by atoms with E-state index in [0.29, 0.717) is 6.07 Å². The fraction of sp³-hybridized carbons (Fsp3) is 0.0909. The van der Waals surface area contributed by atoms with Crippen LogP contribution in [0.5, 0.6) is 0 Å². The lowest BCUT2D eigenvalue weighted by Crippen LogP contribution is -2.20. The first-order valence-electron chi connectivity index (χ1n) is 4.45. The van der Waals surface area contributed by atoms with Crippen LogP contribution in [0.15, 0.2) is 24.3 Å². The van der Waals surface area contributed by atoms with Crippen LogP contribution in [-0.2, 0) is 4.79 Å². The first-order valence-corrected chi connectivity index (χ1v) is 4.45. The summed E-state index contributed by atoms with van der Waals surface area (Å²) in [5.74, 6) is -4.27. The predicted octanol–water partition coefficient (Wildman–Crippen LogP) is 3.41. The Balaban J connectivity index is 3.09. The molecule has 0 unspecified atom stereocenters. The monoisotopic (exact) mass is 259 g/mol. The smallest absolute Gasteiger partial charge is 0.454 e. The van der Waals surface area contributed by atoms with Crippen molar-refractivity contribution in [2.75, 3.05) is 0 Å². The van der Waals surface area contributed by atoms with Crippen molar-refractivity contribution < 1.29 is 27.5 Å². The summed E-state index contributed by atoms with van der Waals surface area (Å²) in [5, 5.41) is 9.24. The lowest BCUT2D eigenvalue weighted by Gasteiger charge is -2.03. The molecular weight excluding hydrogens is 254 g/mol. The van der Waals surface area contributed by atoms with E-state index >= 15 is 0 Å². The molecule has 0 aliphatic rings. The van der Waals surface area contributed by atoms with Crippen molar-refractivity contribution in [3.8, 4) is 0 Å². The second-order valence-electron chi connectivity index (χ2n) is 3.17. The molecule has 1 aromatic carbocycles. The highest BCUT2D eigenvalue weighted by molar-refractivity contribution is 5.99. The Bertz CT molecular complexity index is 555. The van der Waals surface area contributed by atoms with Gasteiger partial charge in [0.05, 0.1) is 6.57 Å². The van der Waals surface area contributed by atoms with E-state index in [0.717, 1.165) is 12.1 Å². The summed E-state index contributed by atoms with van der Waals surface area (Å²) in [4.78, 5) is 13.4. The summed E-state index contributed by atoms with van der Waals surface area (Å²) in [7, 11) is 0. The van der Waals surface area contributed by atoms with Crippen molar-refractivity contribution in [3.05, 3.63) is 47.1 Å². The van der Waals surface area contributed by atoms with Gasteiger partial charge >= 0.3 is 6.18 Å². The predicted molar refractivity (Wildman–Crippen MR) is 54.3 cm³/mol.